The largest absolute Gasteiger partial charge is 0.503 e. The van der Waals surface area contributed by atoms with Gasteiger partial charge in [0.15, 0.2) is 11.4 Å². The summed E-state index contributed by atoms with van der Waals surface area (Å²) in [4.78, 5) is 38.8. The number of carbonyl (C=O) groups excluding carboxylic acids is 2. The molecule has 0 spiro atoms. The first-order valence-electron chi connectivity index (χ1n) is 11.0. The van der Waals surface area contributed by atoms with Gasteiger partial charge in [-0.3, -0.25) is 19.4 Å². The van der Waals surface area contributed by atoms with Crippen molar-refractivity contribution in [3.05, 3.63) is 99.0 Å². The minimum absolute atomic E-state index is 0.0390. The van der Waals surface area contributed by atoms with E-state index in [0.717, 1.165) is 0 Å². The molecule has 2 aromatic carbocycles. The molecule has 1 aromatic heterocycles. The van der Waals surface area contributed by atoms with Gasteiger partial charge in [0.05, 0.1) is 6.54 Å². The van der Waals surface area contributed by atoms with Crippen molar-refractivity contribution in [1.82, 2.24) is 20.3 Å². The first-order valence-corrected chi connectivity index (χ1v) is 11.0. The van der Waals surface area contributed by atoms with Crippen molar-refractivity contribution in [3.63, 3.8) is 0 Å². The lowest BCUT2D eigenvalue weighted by Gasteiger charge is -2.39. The predicted octanol–water partition coefficient (Wildman–Crippen LogP) is 3.08. The Morgan fingerprint density at radius 3 is 2.17 bits per heavy atom. The summed E-state index contributed by atoms with van der Waals surface area (Å²) in [6, 6.07) is 11.1. The summed E-state index contributed by atoms with van der Waals surface area (Å²) >= 11 is 0. The molecule has 0 bridgehead atoms. The molecule has 2 heterocycles. The van der Waals surface area contributed by atoms with Crippen LogP contribution in [0.25, 0.3) is 0 Å². The monoisotopic (exact) mass is 482 g/mol. The smallest absolute Gasteiger partial charge is 0.289 e. The Morgan fingerprint density at radius 1 is 1.03 bits per heavy atom. The zero-order valence-electron chi connectivity index (χ0n) is 19.1. The van der Waals surface area contributed by atoms with Crippen LogP contribution in [0.1, 0.15) is 52.0 Å². The number of aromatic nitrogens is 1. The number of nitrogens with zero attached hydrogens (tertiary/aromatic N) is 2. The average Bonchev–Trinajstić information content (AvgIpc) is 2.83. The Labute approximate surface area is 199 Å². The van der Waals surface area contributed by atoms with Gasteiger partial charge >= 0.3 is 0 Å². The lowest BCUT2D eigenvalue weighted by Crippen LogP contribution is -2.54. The zero-order chi connectivity index (χ0) is 25.3. The van der Waals surface area contributed by atoms with E-state index >= 15 is 0 Å². The number of carbonyl (C=O) groups is 2. The first kappa shape index (κ1) is 24.1. The molecule has 0 radical (unpaired) electrons. The van der Waals surface area contributed by atoms with Crippen molar-refractivity contribution in [1.29, 1.82) is 0 Å². The molecular formula is C25H24F2N4O4. The number of fused-ring (bicyclic) bond motifs is 1. The molecule has 0 saturated heterocycles. The molecular weight excluding hydrogens is 458 g/mol. The number of rotatable bonds is 6. The van der Waals surface area contributed by atoms with Gasteiger partial charge in [0.1, 0.15) is 23.4 Å². The third-order valence-electron chi connectivity index (χ3n) is 5.74. The molecule has 0 fully saturated rings. The topological polar surface area (TPSA) is 104 Å². The van der Waals surface area contributed by atoms with E-state index in [-0.39, 0.29) is 30.3 Å². The van der Waals surface area contributed by atoms with E-state index in [4.69, 9.17) is 0 Å². The Bertz CT molecular complexity index is 1320. The van der Waals surface area contributed by atoms with Gasteiger partial charge in [-0.1, -0.05) is 38.1 Å². The van der Waals surface area contributed by atoms with Gasteiger partial charge in [0.25, 0.3) is 11.8 Å². The molecule has 3 N–H and O–H groups in total. The molecule has 0 aliphatic carbocycles. The fourth-order valence-electron chi connectivity index (χ4n) is 3.86. The lowest BCUT2D eigenvalue weighted by atomic mass is 10.1. The Hall–Kier alpha value is -4.05. The molecule has 1 aliphatic rings. The molecule has 4 rings (SSSR count). The molecule has 8 nitrogen and oxygen atoms in total. The standard InChI is InChI=1S/C25H24F2N4O4/c1-14(2)23-29-31(12-16-5-9-18(27)10-6-16)25(35)20-22(33)21(32)19(13-30(20)23)24(34)28-11-15-3-7-17(26)8-4-15/h3-10,13-14,23,29,33H,11-12H2,1-2H3,(H,28,34). The lowest BCUT2D eigenvalue weighted by molar-refractivity contribution is 0.0364. The van der Waals surface area contributed by atoms with Crippen LogP contribution in [0.15, 0.2) is 59.5 Å². The highest BCUT2D eigenvalue weighted by Gasteiger charge is 2.36. The maximum Gasteiger partial charge on any atom is 0.289 e. The van der Waals surface area contributed by atoms with Crippen LogP contribution >= 0.6 is 0 Å². The van der Waals surface area contributed by atoms with Gasteiger partial charge in [-0.15, -0.1) is 0 Å². The van der Waals surface area contributed by atoms with Crippen molar-refractivity contribution >= 4 is 11.8 Å². The van der Waals surface area contributed by atoms with E-state index in [1.165, 1.54) is 64.3 Å². The number of hydrogen-bond acceptors (Lipinski definition) is 5. The number of hydrazine groups is 1. The summed E-state index contributed by atoms with van der Waals surface area (Å²) in [5, 5.41) is 14.5. The van der Waals surface area contributed by atoms with Crippen LogP contribution in [0.2, 0.25) is 0 Å². The van der Waals surface area contributed by atoms with Gasteiger partial charge < -0.3 is 15.0 Å². The molecule has 2 amide bonds. The number of benzene rings is 2. The van der Waals surface area contributed by atoms with Crippen LogP contribution in [0.3, 0.4) is 0 Å². The van der Waals surface area contributed by atoms with Crippen molar-refractivity contribution in [2.75, 3.05) is 0 Å². The van der Waals surface area contributed by atoms with E-state index in [0.29, 0.717) is 11.1 Å². The summed E-state index contributed by atoms with van der Waals surface area (Å²) in [5.41, 5.74) is 2.77. The number of aromatic hydroxyl groups is 1. The number of hydrogen-bond donors (Lipinski definition) is 3. The van der Waals surface area contributed by atoms with Crippen LogP contribution in [0.4, 0.5) is 8.78 Å². The Balaban J connectivity index is 1.65. The molecule has 1 aliphatic heterocycles. The van der Waals surface area contributed by atoms with Gasteiger partial charge in [-0.05, 0) is 41.3 Å². The van der Waals surface area contributed by atoms with Crippen molar-refractivity contribution in [2.45, 2.75) is 33.1 Å². The summed E-state index contributed by atoms with van der Waals surface area (Å²) in [6.07, 6.45) is 0.681. The maximum atomic E-state index is 13.3. The molecule has 1 unspecified atom stereocenters. The SMILES string of the molecule is CC(C)C1NN(Cc2ccc(F)cc2)C(=O)c2c(O)c(=O)c(C(=O)NCc3ccc(F)cc3)cn21. The number of amides is 2. The number of halogens is 2. The van der Waals surface area contributed by atoms with E-state index in [1.54, 1.807) is 0 Å². The maximum absolute atomic E-state index is 13.3. The van der Waals surface area contributed by atoms with E-state index < -0.39 is 40.8 Å². The van der Waals surface area contributed by atoms with Gasteiger partial charge in [-0.2, -0.15) is 0 Å². The summed E-state index contributed by atoms with van der Waals surface area (Å²) in [7, 11) is 0. The number of pyridine rings is 1. The summed E-state index contributed by atoms with van der Waals surface area (Å²) in [6.45, 7) is 3.85. The fourth-order valence-corrected chi connectivity index (χ4v) is 3.86. The highest BCUT2D eigenvalue weighted by Crippen LogP contribution is 2.28. The first-order chi connectivity index (χ1) is 16.7. The van der Waals surface area contributed by atoms with E-state index in [2.05, 4.69) is 10.7 Å². The molecule has 182 valence electrons. The molecule has 0 saturated carbocycles. The minimum Gasteiger partial charge on any atom is -0.503 e. The van der Waals surface area contributed by atoms with Gasteiger partial charge in [0.2, 0.25) is 5.43 Å². The van der Waals surface area contributed by atoms with Crippen molar-refractivity contribution in [3.8, 4) is 5.75 Å². The van der Waals surface area contributed by atoms with Crippen LogP contribution < -0.4 is 16.2 Å². The second kappa shape index (κ2) is 9.67. The predicted molar refractivity (Wildman–Crippen MR) is 123 cm³/mol. The summed E-state index contributed by atoms with van der Waals surface area (Å²) in [5.74, 6) is -3.18. The molecule has 3 aromatic rings. The van der Waals surface area contributed by atoms with Gasteiger partial charge in [0, 0.05) is 12.7 Å². The Kier molecular flexibility index (Phi) is 6.65. The second-order valence-corrected chi connectivity index (χ2v) is 8.62. The zero-order valence-corrected chi connectivity index (χ0v) is 19.1. The third kappa shape index (κ3) is 4.92. The average molecular weight is 482 g/mol. The highest BCUT2D eigenvalue weighted by molar-refractivity contribution is 5.98. The highest BCUT2D eigenvalue weighted by atomic mass is 19.1. The van der Waals surface area contributed by atoms with Crippen LogP contribution in [-0.2, 0) is 13.1 Å². The quantitative estimate of drug-likeness (QED) is 0.501. The summed E-state index contributed by atoms with van der Waals surface area (Å²) < 4.78 is 27.7. The van der Waals surface area contributed by atoms with E-state index in [1.807, 2.05) is 13.8 Å². The van der Waals surface area contributed by atoms with Crippen LogP contribution in [0.5, 0.6) is 5.75 Å². The van der Waals surface area contributed by atoms with Crippen LogP contribution in [-0.4, -0.2) is 26.5 Å². The Morgan fingerprint density at radius 2 is 1.60 bits per heavy atom. The minimum atomic E-state index is -0.979. The van der Waals surface area contributed by atoms with Crippen LogP contribution in [0, 0.1) is 17.6 Å². The molecule has 10 heteroatoms. The van der Waals surface area contributed by atoms with Crippen molar-refractivity contribution in [2.24, 2.45) is 5.92 Å². The second-order valence-electron chi connectivity index (χ2n) is 8.62. The molecule has 35 heavy (non-hydrogen) atoms. The normalized spacial score (nSPS) is 15.3. The number of nitrogens with one attached hydrogen (secondary N) is 2. The van der Waals surface area contributed by atoms with Crippen molar-refractivity contribution < 1.29 is 23.5 Å². The van der Waals surface area contributed by atoms with Gasteiger partial charge in [-0.25, -0.2) is 14.2 Å². The van der Waals surface area contributed by atoms with E-state index in [9.17, 15) is 28.3 Å². The fraction of sp³-hybridized carbons (Fsp3) is 0.240. The third-order valence-corrected chi connectivity index (χ3v) is 5.74. The molecule has 1 atom stereocenters.